The van der Waals surface area contributed by atoms with Gasteiger partial charge in [-0.2, -0.15) is 0 Å². The van der Waals surface area contributed by atoms with Gasteiger partial charge in [0.1, 0.15) is 30.0 Å². The van der Waals surface area contributed by atoms with E-state index in [1.165, 1.54) is 5.56 Å². The summed E-state index contributed by atoms with van der Waals surface area (Å²) in [7, 11) is 5.58. The third kappa shape index (κ3) is 11.9. The molecule has 0 N–H and O–H groups in total. The quantitative estimate of drug-likeness (QED) is 0.226. The normalized spacial score (nSPS) is 11.8. The van der Waals surface area contributed by atoms with Crippen molar-refractivity contribution in [3.63, 3.8) is 0 Å². The molecule has 0 unspecified atom stereocenters. The predicted octanol–water partition coefficient (Wildman–Crippen LogP) is 5.26. The minimum Gasteiger partial charge on any atom is -0.497 e. The predicted molar refractivity (Wildman–Crippen MR) is 139 cm³/mol. The fourth-order valence-electron chi connectivity index (χ4n) is 3.88. The van der Waals surface area contributed by atoms with Crippen LogP contribution in [-0.4, -0.2) is 57.1 Å². The van der Waals surface area contributed by atoms with E-state index in [-0.39, 0.29) is 17.9 Å². The number of esters is 1. The second-order valence-corrected chi connectivity index (χ2v) is 9.26. The lowest BCUT2D eigenvalue weighted by Gasteiger charge is -2.22. The molecule has 2 rings (SSSR count). The lowest BCUT2D eigenvalue weighted by atomic mass is 10.0. The molecule has 0 spiro atoms. The average Bonchev–Trinajstić information content (AvgIpc) is 2.83. The maximum atomic E-state index is 12.4. The Morgan fingerprint density at radius 2 is 1.57 bits per heavy atom. The van der Waals surface area contributed by atoms with Crippen molar-refractivity contribution in [2.45, 2.75) is 64.4 Å². The van der Waals surface area contributed by atoms with Crippen LogP contribution < -0.4 is 9.47 Å². The van der Waals surface area contributed by atoms with E-state index in [1.807, 2.05) is 49.3 Å². The third-order valence-electron chi connectivity index (χ3n) is 5.77. The van der Waals surface area contributed by atoms with Crippen LogP contribution >= 0.6 is 0 Å². The third-order valence-corrected chi connectivity index (χ3v) is 5.77. The maximum Gasteiger partial charge on any atom is 0.306 e. The standard InChI is InChI=1S/C29H41NO5/c1-23(31)11-7-5-6-8-14-29(32)35-27(21-30(2)3)22-34-28-13-10-9-12-25(28)18-15-24-16-19-26(33-4)20-17-24/h9-10,12-13,16-17,19-20,27H,5-8,11,14-15,18,21-22H2,1-4H3/t27-/m0/s1. The topological polar surface area (TPSA) is 65.1 Å². The number of ketones is 1. The molecule has 192 valence electrons. The Hall–Kier alpha value is -2.86. The first-order valence-corrected chi connectivity index (χ1v) is 12.5. The summed E-state index contributed by atoms with van der Waals surface area (Å²) in [5.41, 5.74) is 2.37. The van der Waals surface area contributed by atoms with E-state index in [0.717, 1.165) is 55.6 Å². The zero-order valence-corrected chi connectivity index (χ0v) is 21.8. The van der Waals surface area contributed by atoms with E-state index < -0.39 is 0 Å². The number of likely N-dealkylation sites (N-methyl/N-ethyl adjacent to an activating group) is 1. The Bertz CT molecular complexity index is 894. The molecule has 2 aromatic rings. The van der Waals surface area contributed by atoms with Crippen LogP contribution in [0.15, 0.2) is 48.5 Å². The van der Waals surface area contributed by atoms with Crippen LogP contribution in [0.1, 0.15) is 56.6 Å². The molecule has 6 heteroatoms. The van der Waals surface area contributed by atoms with Crippen molar-refractivity contribution in [1.82, 2.24) is 4.90 Å². The van der Waals surface area contributed by atoms with Gasteiger partial charge in [0.15, 0.2) is 0 Å². The van der Waals surface area contributed by atoms with Crippen LogP contribution in [0.4, 0.5) is 0 Å². The first-order valence-electron chi connectivity index (χ1n) is 12.5. The number of carbonyl (C=O) groups is 2. The van der Waals surface area contributed by atoms with Crippen molar-refractivity contribution in [2.75, 3.05) is 34.4 Å². The van der Waals surface area contributed by atoms with Crippen molar-refractivity contribution < 1.29 is 23.8 Å². The second kappa shape index (κ2) is 15.9. The Labute approximate surface area is 210 Å². The molecule has 1 atom stereocenters. The number of unbranched alkanes of at least 4 members (excludes halogenated alkanes) is 3. The van der Waals surface area contributed by atoms with Gasteiger partial charge < -0.3 is 23.9 Å². The van der Waals surface area contributed by atoms with E-state index in [0.29, 0.717) is 26.0 Å². The SMILES string of the molecule is COc1ccc(CCc2ccccc2OC[C@H](CN(C)C)OC(=O)CCCCCCC(C)=O)cc1. The molecule has 0 radical (unpaired) electrons. The van der Waals surface area contributed by atoms with Gasteiger partial charge in [-0.25, -0.2) is 0 Å². The molecule has 0 heterocycles. The van der Waals surface area contributed by atoms with Gasteiger partial charge >= 0.3 is 5.97 Å². The van der Waals surface area contributed by atoms with E-state index in [1.54, 1.807) is 14.0 Å². The number of benzene rings is 2. The number of nitrogens with zero attached hydrogens (tertiary/aromatic N) is 1. The van der Waals surface area contributed by atoms with Gasteiger partial charge in [0.05, 0.1) is 7.11 Å². The van der Waals surface area contributed by atoms with Gasteiger partial charge in [-0.05, 0) is 76.0 Å². The summed E-state index contributed by atoms with van der Waals surface area (Å²) in [6.07, 6.45) is 5.97. The average molecular weight is 484 g/mol. The highest BCUT2D eigenvalue weighted by atomic mass is 16.6. The van der Waals surface area contributed by atoms with Crippen molar-refractivity contribution in [1.29, 1.82) is 0 Å². The Morgan fingerprint density at radius 1 is 0.886 bits per heavy atom. The van der Waals surface area contributed by atoms with Crippen LogP contribution in [0, 0.1) is 0 Å². The number of methoxy groups -OCH3 is 1. The number of hydrogen-bond donors (Lipinski definition) is 0. The summed E-state index contributed by atoms with van der Waals surface area (Å²) >= 11 is 0. The van der Waals surface area contributed by atoms with Gasteiger partial charge in [-0.3, -0.25) is 4.79 Å². The largest absolute Gasteiger partial charge is 0.497 e. The van der Waals surface area contributed by atoms with Gasteiger partial charge in [0.25, 0.3) is 0 Å². The van der Waals surface area contributed by atoms with Gasteiger partial charge in [0.2, 0.25) is 0 Å². The Morgan fingerprint density at radius 3 is 2.23 bits per heavy atom. The molecule has 0 saturated carbocycles. The van der Waals surface area contributed by atoms with E-state index in [2.05, 4.69) is 18.2 Å². The number of hydrogen-bond acceptors (Lipinski definition) is 6. The summed E-state index contributed by atoms with van der Waals surface area (Å²) in [6.45, 7) is 2.52. The highest BCUT2D eigenvalue weighted by Crippen LogP contribution is 2.21. The monoisotopic (exact) mass is 483 g/mol. The first kappa shape index (κ1) is 28.4. The lowest BCUT2D eigenvalue weighted by molar-refractivity contribution is -0.151. The molecule has 0 saturated heterocycles. The van der Waals surface area contributed by atoms with Gasteiger partial charge in [-0.1, -0.05) is 43.2 Å². The van der Waals surface area contributed by atoms with Crippen molar-refractivity contribution in [3.05, 3.63) is 59.7 Å². The molecule has 2 aromatic carbocycles. The van der Waals surface area contributed by atoms with E-state index >= 15 is 0 Å². The molecule has 0 aliphatic heterocycles. The molecule has 6 nitrogen and oxygen atoms in total. The van der Waals surface area contributed by atoms with Crippen molar-refractivity contribution in [3.8, 4) is 11.5 Å². The summed E-state index contributed by atoms with van der Waals surface area (Å²) < 4.78 is 17.1. The fourth-order valence-corrected chi connectivity index (χ4v) is 3.88. The molecule has 0 fully saturated rings. The Kier molecular flexibility index (Phi) is 12.9. The Balaban J connectivity index is 1.84. The summed E-state index contributed by atoms with van der Waals surface area (Å²) in [5.74, 6) is 1.70. The molecular formula is C29H41NO5. The minimum atomic E-state index is -0.343. The number of carbonyl (C=O) groups excluding carboxylic acids is 2. The lowest BCUT2D eigenvalue weighted by Crippen LogP contribution is -2.35. The number of rotatable bonds is 17. The number of ether oxygens (including phenoxy) is 3. The fraction of sp³-hybridized carbons (Fsp3) is 0.517. The molecule has 0 amide bonds. The molecular weight excluding hydrogens is 442 g/mol. The second-order valence-electron chi connectivity index (χ2n) is 9.26. The van der Waals surface area contributed by atoms with Crippen molar-refractivity contribution >= 4 is 11.8 Å². The zero-order chi connectivity index (χ0) is 25.5. The number of aryl methyl sites for hydroxylation is 2. The highest BCUT2D eigenvalue weighted by Gasteiger charge is 2.17. The number of para-hydroxylation sites is 1. The zero-order valence-electron chi connectivity index (χ0n) is 21.8. The highest BCUT2D eigenvalue weighted by molar-refractivity contribution is 5.75. The van der Waals surface area contributed by atoms with E-state index in [9.17, 15) is 9.59 Å². The van der Waals surface area contributed by atoms with Gasteiger partial charge in [0, 0.05) is 19.4 Å². The van der Waals surface area contributed by atoms with Crippen LogP contribution in [0.3, 0.4) is 0 Å². The molecule has 35 heavy (non-hydrogen) atoms. The summed E-state index contributed by atoms with van der Waals surface area (Å²) in [6, 6.07) is 16.1. The molecule has 0 aliphatic rings. The molecule has 0 bridgehead atoms. The van der Waals surface area contributed by atoms with Crippen LogP contribution in [-0.2, 0) is 27.2 Å². The van der Waals surface area contributed by atoms with Crippen LogP contribution in [0.5, 0.6) is 11.5 Å². The summed E-state index contributed by atoms with van der Waals surface area (Å²) in [5, 5.41) is 0. The minimum absolute atomic E-state index is 0.195. The van der Waals surface area contributed by atoms with Crippen molar-refractivity contribution in [2.24, 2.45) is 0 Å². The summed E-state index contributed by atoms with van der Waals surface area (Å²) in [4.78, 5) is 25.4. The number of Topliss-reactive ketones (excluding diaryl/α,β-unsaturated/α-hetero) is 1. The maximum absolute atomic E-state index is 12.4. The van der Waals surface area contributed by atoms with Gasteiger partial charge in [-0.15, -0.1) is 0 Å². The smallest absolute Gasteiger partial charge is 0.306 e. The first-order chi connectivity index (χ1) is 16.9. The molecule has 0 aromatic heterocycles. The van der Waals surface area contributed by atoms with Crippen LogP contribution in [0.25, 0.3) is 0 Å². The molecule has 0 aliphatic carbocycles. The van der Waals surface area contributed by atoms with Crippen LogP contribution in [0.2, 0.25) is 0 Å². The van der Waals surface area contributed by atoms with E-state index in [4.69, 9.17) is 14.2 Å².